The van der Waals surface area contributed by atoms with Gasteiger partial charge < -0.3 is 24.8 Å². The number of allylic oxidation sites excluding steroid dienone is 1. The van der Waals surface area contributed by atoms with E-state index in [0.717, 1.165) is 11.1 Å². The zero-order chi connectivity index (χ0) is 24.9. The first-order chi connectivity index (χ1) is 17.0. The number of rotatable bonds is 12. The third-order valence-corrected chi connectivity index (χ3v) is 4.97. The van der Waals surface area contributed by atoms with Gasteiger partial charge in [0.15, 0.2) is 0 Å². The molecule has 0 fully saturated rings. The summed E-state index contributed by atoms with van der Waals surface area (Å²) in [7, 11) is -1.99. The highest BCUT2D eigenvalue weighted by atomic mass is 16.6. The van der Waals surface area contributed by atoms with E-state index in [1.165, 1.54) is 0 Å². The zero-order valence-corrected chi connectivity index (χ0v) is 19.1. The highest BCUT2D eigenvalue weighted by Crippen LogP contribution is 2.19. The molecule has 178 valence electrons. The lowest BCUT2D eigenvalue weighted by atomic mass is 10.1. The summed E-state index contributed by atoms with van der Waals surface area (Å²) in [6, 6.07) is 24.3. The van der Waals surface area contributed by atoms with Crippen LogP contribution >= 0.6 is 0 Å². The Kier molecular flexibility index (Phi) is 10.0. The molecule has 3 N–H and O–H groups in total. The number of benzene rings is 2. The summed E-state index contributed by atoms with van der Waals surface area (Å²) in [5.74, 6) is 0.203. The summed E-state index contributed by atoms with van der Waals surface area (Å²) in [4.78, 5) is 16.6. The summed E-state index contributed by atoms with van der Waals surface area (Å²) in [6.07, 6.45) is 3.51. The fourth-order valence-corrected chi connectivity index (χ4v) is 3.32. The van der Waals surface area contributed by atoms with Crippen molar-refractivity contribution in [1.29, 1.82) is 5.26 Å². The number of carbonyl (C=O) groups is 1. The number of pyridine rings is 1. The smallest absolute Gasteiger partial charge is 0.493 e. The Morgan fingerprint density at radius 1 is 1.11 bits per heavy atom. The molecule has 0 bridgehead atoms. The molecule has 35 heavy (non-hydrogen) atoms. The molecule has 8 nitrogen and oxygen atoms in total. The summed E-state index contributed by atoms with van der Waals surface area (Å²) >= 11 is 0. The zero-order valence-electron chi connectivity index (χ0n) is 19.1. The van der Waals surface area contributed by atoms with Crippen LogP contribution in [-0.2, 0) is 15.9 Å². The first-order valence-corrected chi connectivity index (χ1v) is 11.1. The SMILES string of the molecule is N#CC(=Cc1cccc(OCCC(=O)N[C@@H](CCc2ccccc2)OB(O)O)c1)c1ccccn1. The Morgan fingerprint density at radius 3 is 2.63 bits per heavy atom. The maximum atomic E-state index is 12.4. The number of amides is 1. The van der Waals surface area contributed by atoms with Crippen molar-refractivity contribution in [3.8, 4) is 11.8 Å². The number of nitrogens with one attached hydrogen (secondary N) is 1. The second-order valence-corrected chi connectivity index (χ2v) is 7.60. The Bertz CT molecular complexity index is 1150. The molecule has 0 aliphatic heterocycles. The van der Waals surface area contributed by atoms with E-state index >= 15 is 0 Å². The highest BCUT2D eigenvalue weighted by molar-refractivity contribution is 6.32. The van der Waals surface area contributed by atoms with Crippen molar-refractivity contribution in [1.82, 2.24) is 10.3 Å². The summed E-state index contributed by atoms with van der Waals surface area (Å²) in [6.45, 7) is 0.109. The van der Waals surface area contributed by atoms with Crippen molar-refractivity contribution in [2.45, 2.75) is 25.5 Å². The van der Waals surface area contributed by atoms with E-state index in [0.29, 0.717) is 29.9 Å². The molecule has 0 unspecified atom stereocenters. The van der Waals surface area contributed by atoms with Gasteiger partial charge in [0.25, 0.3) is 0 Å². The van der Waals surface area contributed by atoms with Gasteiger partial charge >= 0.3 is 7.32 Å². The van der Waals surface area contributed by atoms with Crippen molar-refractivity contribution < 1.29 is 24.2 Å². The van der Waals surface area contributed by atoms with Crippen LogP contribution < -0.4 is 10.1 Å². The predicted molar refractivity (Wildman–Crippen MR) is 132 cm³/mol. The largest absolute Gasteiger partial charge is 0.635 e. The van der Waals surface area contributed by atoms with Crippen LogP contribution in [0.5, 0.6) is 5.75 Å². The summed E-state index contributed by atoms with van der Waals surface area (Å²) < 4.78 is 10.7. The average Bonchev–Trinajstić information content (AvgIpc) is 2.87. The molecular weight excluding hydrogens is 445 g/mol. The molecule has 0 spiro atoms. The van der Waals surface area contributed by atoms with Crippen LogP contribution in [0, 0.1) is 11.3 Å². The van der Waals surface area contributed by atoms with Gasteiger partial charge in [-0.05, 0) is 54.3 Å². The van der Waals surface area contributed by atoms with E-state index in [9.17, 15) is 10.1 Å². The minimum atomic E-state index is -1.99. The first kappa shape index (κ1) is 25.7. The van der Waals surface area contributed by atoms with Gasteiger partial charge in [-0.1, -0.05) is 48.5 Å². The van der Waals surface area contributed by atoms with Crippen molar-refractivity contribution in [3.05, 3.63) is 95.8 Å². The molecule has 3 aromatic rings. The maximum absolute atomic E-state index is 12.4. The van der Waals surface area contributed by atoms with Gasteiger partial charge in [-0.25, -0.2) is 0 Å². The molecule has 3 rings (SSSR count). The van der Waals surface area contributed by atoms with E-state index in [1.54, 1.807) is 42.6 Å². The minimum Gasteiger partial charge on any atom is -0.493 e. The lowest BCUT2D eigenvalue weighted by Crippen LogP contribution is -2.41. The van der Waals surface area contributed by atoms with Gasteiger partial charge in [0.1, 0.15) is 18.0 Å². The number of nitrogens with zero attached hydrogens (tertiary/aromatic N) is 2. The lowest BCUT2D eigenvalue weighted by Gasteiger charge is -2.19. The number of carbonyl (C=O) groups excluding carboxylic acids is 1. The average molecular weight is 471 g/mol. The number of hydrogen-bond donors (Lipinski definition) is 3. The molecule has 0 aliphatic carbocycles. The van der Waals surface area contributed by atoms with Crippen molar-refractivity contribution in [2.75, 3.05) is 6.61 Å². The fraction of sp³-hybridized carbons (Fsp3) is 0.192. The van der Waals surface area contributed by atoms with Crippen LogP contribution in [0.1, 0.15) is 29.7 Å². The molecule has 1 amide bonds. The molecule has 9 heteroatoms. The predicted octanol–water partition coefficient (Wildman–Crippen LogP) is 2.98. The first-order valence-electron chi connectivity index (χ1n) is 11.1. The molecule has 0 saturated carbocycles. The molecule has 2 aromatic carbocycles. The van der Waals surface area contributed by atoms with E-state index in [1.807, 2.05) is 42.5 Å². The van der Waals surface area contributed by atoms with E-state index in [2.05, 4.69) is 16.4 Å². The van der Waals surface area contributed by atoms with Crippen LogP contribution in [-0.4, -0.2) is 41.1 Å². The molecule has 1 heterocycles. The lowest BCUT2D eigenvalue weighted by molar-refractivity contribution is -0.124. The van der Waals surface area contributed by atoms with Crippen molar-refractivity contribution in [2.24, 2.45) is 0 Å². The van der Waals surface area contributed by atoms with Gasteiger partial charge in [0.05, 0.1) is 24.3 Å². The monoisotopic (exact) mass is 471 g/mol. The van der Waals surface area contributed by atoms with Crippen molar-refractivity contribution in [3.63, 3.8) is 0 Å². The number of aromatic nitrogens is 1. The van der Waals surface area contributed by atoms with E-state index in [-0.39, 0.29) is 18.9 Å². The van der Waals surface area contributed by atoms with Crippen LogP contribution in [0.3, 0.4) is 0 Å². The standard InChI is InChI=1S/C26H26BN3O5/c28-19-22(24-11-4-5-15-29-24)17-21-9-6-10-23(18-21)34-16-14-25(31)30-26(35-27(32)33)13-12-20-7-2-1-3-8-20/h1-11,15,17-18,26,32-33H,12-14,16H2,(H,30,31)/t26-/m1/s1. The normalized spacial score (nSPS) is 11.9. The Labute approximate surface area is 204 Å². The number of nitriles is 1. The second-order valence-electron chi connectivity index (χ2n) is 7.60. The molecule has 0 saturated heterocycles. The van der Waals surface area contributed by atoms with Crippen molar-refractivity contribution >= 4 is 24.9 Å². The molecule has 1 aromatic heterocycles. The molecule has 1 atom stereocenters. The molecule has 0 radical (unpaired) electrons. The Balaban J connectivity index is 1.51. The van der Waals surface area contributed by atoms with Gasteiger partial charge in [0.2, 0.25) is 5.91 Å². The number of aryl methyl sites for hydroxylation is 1. The van der Waals surface area contributed by atoms with E-state index < -0.39 is 13.5 Å². The number of hydrogen-bond acceptors (Lipinski definition) is 7. The quantitative estimate of drug-likeness (QED) is 0.211. The summed E-state index contributed by atoms with van der Waals surface area (Å²) in [5, 5.41) is 30.5. The van der Waals surface area contributed by atoms with Crippen LogP contribution in [0.4, 0.5) is 0 Å². The van der Waals surface area contributed by atoms with Gasteiger partial charge in [-0.3, -0.25) is 9.78 Å². The Hall–Kier alpha value is -3.97. The third-order valence-electron chi connectivity index (χ3n) is 4.97. The van der Waals surface area contributed by atoms with Crippen LogP contribution in [0.15, 0.2) is 79.0 Å². The minimum absolute atomic E-state index is 0.0458. The van der Waals surface area contributed by atoms with Crippen LogP contribution in [0.2, 0.25) is 0 Å². The molecule has 0 aliphatic rings. The van der Waals surface area contributed by atoms with Gasteiger partial charge in [0, 0.05) is 6.20 Å². The Morgan fingerprint density at radius 2 is 1.91 bits per heavy atom. The second kappa shape index (κ2) is 13.7. The van der Waals surface area contributed by atoms with E-state index in [4.69, 9.17) is 19.4 Å². The highest BCUT2D eigenvalue weighted by Gasteiger charge is 2.20. The van der Waals surface area contributed by atoms with Crippen LogP contribution in [0.25, 0.3) is 11.6 Å². The fourth-order valence-electron chi connectivity index (χ4n) is 3.32. The van der Waals surface area contributed by atoms with Gasteiger partial charge in [-0.2, -0.15) is 5.26 Å². The molecular formula is C26H26BN3O5. The number of ether oxygens (including phenoxy) is 1. The third kappa shape index (κ3) is 9.06. The maximum Gasteiger partial charge on any atom is 0.635 e. The van der Waals surface area contributed by atoms with Gasteiger partial charge in [-0.15, -0.1) is 0 Å². The topological polar surface area (TPSA) is 125 Å². The summed E-state index contributed by atoms with van der Waals surface area (Å²) in [5.41, 5.74) is 2.81.